The first-order valence-electron chi connectivity index (χ1n) is 5.77. The van der Waals surface area contributed by atoms with Crippen molar-refractivity contribution in [1.29, 1.82) is 0 Å². The van der Waals surface area contributed by atoms with Crippen molar-refractivity contribution >= 4 is 0 Å². The van der Waals surface area contributed by atoms with Gasteiger partial charge in [-0.1, -0.05) is 26.7 Å². The summed E-state index contributed by atoms with van der Waals surface area (Å²) >= 11 is 0. The van der Waals surface area contributed by atoms with Gasteiger partial charge in [0.1, 0.15) is 0 Å². The van der Waals surface area contributed by atoms with Gasteiger partial charge in [0, 0.05) is 12.6 Å². The van der Waals surface area contributed by atoms with Crippen molar-refractivity contribution < 1.29 is 9.84 Å². The van der Waals surface area contributed by atoms with Crippen LogP contribution in [0.2, 0.25) is 0 Å². The Morgan fingerprint density at radius 2 is 2.07 bits per heavy atom. The Hall–Kier alpha value is -0.120. The molecule has 0 saturated heterocycles. The van der Waals surface area contributed by atoms with Gasteiger partial charge < -0.3 is 15.2 Å². The molecule has 3 nitrogen and oxygen atoms in total. The maximum Gasteiger partial charge on any atom is 0.0698 e. The third kappa shape index (κ3) is 8.48. The number of rotatable bonds is 10. The summed E-state index contributed by atoms with van der Waals surface area (Å²) in [7, 11) is 0. The molecule has 0 saturated carbocycles. The number of nitrogens with one attached hydrogen (secondary N) is 1. The fourth-order valence-electron chi connectivity index (χ4n) is 1.40. The summed E-state index contributed by atoms with van der Waals surface area (Å²) < 4.78 is 5.17. The molecule has 1 unspecified atom stereocenters. The zero-order valence-corrected chi connectivity index (χ0v) is 9.59. The van der Waals surface area contributed by atoms with Crippen LogP contribution in [0, 0.1) is 0 Å². The number of hydrogen-bond donors (Lipinski definition) is 2. The molecule has 0 aliphatic heterocycles. The minimum Gasteiger partial charge on any atom is -0.394 e. The summed E-state index contributed by atoms with van der Waals surface area (Å²) in [5.41, 5.74) is 0. The monoisotopic (exact) mass is 203 g/mol. The van der Waals surface area contributed by atoms with Crippen LogP contribution in [0.25, 0.3) is 0 Å². The van der Waals surface area contributed by atoms with Crippen molar-refractivity contribution in [3.8, 4) is 0 Å². The van der Waals surface area contributed by atoms with Gasteiger partial charge in [-0.3, -0.25) is 0 Å². The van der Waals surface area contributed by atoms with Crippen molar-refractivity contribution in [2.24, 2.45) is 0 Å². The van der Waals surface area contributed by atoms with E-state index < -0.39 is 0 Å². The highest BCUT2D eigenvalue weighted by Gasteiger charge is 2.03. The van der Waals surface area contributed by atoms with Crippen LogP contribution in [-0.4, -0.2) is 37.5 Å². The molecule has 0 amide bonds. The second kappa shape index (κ2) is 11.0. The van der Waals surface area contributed by atoms with Gasteiger partial charge >= 0.3 is 0 Å². The number of aliphatic hydroxyl groups excluding tert-OH is 1. The summed E-state index contributed by atoms with van der Waals surface area (Å²) in [6.07, 6.45) is 5.00. The van der Waals surface area contributed by atoms with Crippen molar-refractivity contribution in [2.75, 3.05) is 26.4 Å². The Bertz CT molecular complexity index is 109. The molecule has 3 heteroatoms. The van der Waals surface area contributed by atoms with Crippen LogP contribution in [0.4, 0.5) is 0 Å². The summed E-state index contributed by atoms with van der Waals surface area (Å²) in [5, 5.41) is 11.9. The number of ether oxygens (including phenoxy) is 1. The van der Waals surface area contributed by atoms with Gasteiger partial charge in [0.2, 0.25) is 0 Å². The van der Waals surface area contributed by atoms with Crippen LogP contribution in [0.15, 0.2) is 0 Å². The molecule has 0 aromatic heterocycles. The summed E-state index contributed by atoms with van der Waals surface area (Å²) in [6, 6.07) is 0.632. The van der Waals surface area contributed by atoms with Crippen molar-refractivity contribution in [1.82, 2.24) is 5.32 Å². The molecule has 2 N–H and O–H groups in total. The molecule has 0 fully saturated rings. The molecule has 0 heterocycles. The first-order valence-corrected chi connectivity index (χ1v) is 5.77. The van der Waals surface area contributed by atoms with Gasteiger partial charge in [-0.15, -0.1) is 0 Å². The van der Waals surface area contributed by atoms with E-state index in [1.807, 2.05) is 0 Å². The Morgan fingerprint density at radius 3 is 2.64 bits per heavy atom. The lowest BCUT2D eigenvalue weighted by Crippen LogP contribution is -2.31. The molecule has 0 spiro atoms. The van der Waals surface area contributed by atoms with Crippen LogP contribution in [0.3, 0.4) is 0 Å². The largest absolute Gasteiger partial charge is 0.394 e. The van der Waals surface area contributed by atoms with Gasteiger partial charge in [-0.25, -0.2) is 0 Å². The maximum absolute atomic E-state index is 8.49. The molecule has 14 heavy (non-hydrogen) atoms. The Kier molecular flexibility index (Phi) is 10.9. The highest BCUT2D eigenvalue weighted by atomic mass is 16.5. The first kappa shape index (κ1) is 13.9. The SMILES string of the molecule is CCCCC(CC)NCCOCCO. The lowest BCUT2D eigenvalue weighted by molar-refractivity contribution is 0.0923. The highest BCUT2D eigenvalue weighted by molar-refractivity contribution is 4.63. The topological polar surface area (TPSA) is 41.5 Å². The summed E-state index contributed by atoms with van der Waals surface area (Å²) in [5.74, 6) is 0. The van der Waals surface area contributed by atoms with Crippen LogP contribution in [0.1, 0.15) is 39.5 Å². The van der Waals surface area contributed by atoms with Crippen LogP contribution < -0.4 is 5.32 Å². The standard InChI is InChI=1S/C11H25NO2/c1-3-5-6-11(4-2)12-7-9-14-10-8-13/h11-13H,3-10H2,1-2H3. The first-order chi connectivity index (χ1) is 6.85. The maximum atomic E-state index is 8.49. The van der Waals surface area contributed by atoms with E-state index in [-0.39, 0.29) is 6.61 Å². The van der Waals surface area contributed by atoms with E-state index >= 15 is 0 Å². The predicted octanol–water partition coefficient (Wildman–Crippen LogP) is 1.55. The average molecular weight is 203 g/mol. The van der Waals surface area contributed by atoms with Crippen molar-refractivity contribution in [3.63, 3.8) is 0 Å². The van der Waals surface area contributed by atoms with Gasteiger partial charge in [-0.05, 0) is 12.8 Å². The lowest BCUT2D eigenvalue weighted by Gasteiger charge is -2.16. The summed E-state index contributed by atoms with van der Waals surface area (Å²) in [6.45, 7) is 6.59. The van der Waals surface area contributed by atoms with Crippen LogP contribution in [-0.2, 0) is 4.74 Å². The van der Waals surface area contributed by atoms with E-state index in [4.69, 9.17) is 9.84 Å². The number of hydrogen-bond acceptors (Lipinski definition) is 3. The minimum absolute atomic E-state index is 0.118. The van der Waals surface area contributed by atoms with Gasteiger partial charge in [0.15, 0.2) is 0 Å². The van der Waals surface area contributed by atoms with E-state index in [0.29, 0.717) is 19.3 Å². The molecule has 0 aromatic rings. The smallest absolute Gasteiger partial charge is 0.0698 e. The molecule has 0 rings (SSSR count). The molecule has 0 radical (unpaired) electrons. The lowest BCUT2D eigenvalue weighted by atomic mass is 10.1. The quantitative estimate of drug-likeness (QED) is 0.529. The fraction of sp³-hybridized carbons (Fsp3) is 1.00. The van der Waals surface area contributed by atoms with Crippen molar-refractivity contribution in [2.45, 2.75) is 45.6 Å². The fourth-order valence-corrected chi connectivity index (χ4v) is 1.40. The molecule has 1 atom stereocenters. The normalized spacial score (nSPS) is 13.1. The molecule has 0 aliphatic carbocycles. The average Bonchev–Trinajstić information content (AvgIpc) is 2.22. The van der Waals surface area contributed by atoms with E-state index in [2.05, 4.69) is 19.2 Å². The van der Waals surface area contributed by atoms with Gasteiger partial charge in [0.25, 0.3) is 0 Å². The summed E-state index contributed by atoms with van der Waals surface area (Å²) in [4.78, 5) is 0. The van der Waals surface area contributed by atoms with Crippen molar-refractivity contribution in [3.05, 3.63) is 0 Å². The van der Waals surface area contributed by atoms with Crippen LogP contribution >= 0.6 is 0 Å². The van der Waals surface area contributed by atoms with Crippen LogP contribution in [0.5, 0.6) is 0 Å². The van der Waals surface area contributed by atoms with Gasteiger partial charge in [0.05, 0.1) is 19.8 Å². The zero-order valence-electron chi connectivity index (χ0n) is 9.59. The Labute approximate surface area is 87.8 Å². The highest BCUT2D eigenvalue weighted by Crippen LogP contribution is 2.03. The van der Waals surface area contributed by atoms with E-state index in [9.17, 15) is 0 Å². The third-order valence-corrected chi connectivity index (χ3v) is 2.31. The van der Waals surface area contributed by atoms with E-state index in [0.717, 1.165) is 6.54 Å². The second-order valence-electron chi connectivity index (χ2n) is 3.54. The molecule has 86 valence electrons. The number of unbranched alkanes of at least 4 members (excludes halogenated alkanes) is 1. The molecular formula is C11H25NO2. The molecule has 0 bridgehead atoms. The Morgan fingerprint density at radius 1 is 1.29 bits per heavy atom. The van der Waals surface area contributed by atoms with E-state index in [1.54, 1.807) is 0 Å². The predicted molar refractivity (Wildman–Crippen MR) is 59.5 cm³/mol. The molecule has 0 aromatic carbocycles. The second-order valence-corrected chi connectivity index (χ2v) is 3.54. The number of aliphatic hydroxyl groups is 1. The minimum atomic E-state index is 0.118. The van der Waals surface area contributed by atoms with Gasteiger partial charge in [-0.2, -0.15) is 0 Å². The third-order valence-electron chi connectivity index (χ3n) is 2.31. The zero-order chi connectivity index (χ0) is 10.6. The molecule has 0 aliphatic rings. The van der Waals surface area contributed by atoms with E-state index in [1.165, 1.54) is 25.7 Å². The Balaban J connectivity index is 3.24. The molecular weight excluding hydrogens is 178 g/mol.